The first kappa shape index (κ1) is 12.8. The Hall–Kier alpha value is -1.68. The molecule has 0 fully saturated rings. The summed E-state index contributed by atoms with van der Waals surface area (Å²) < 4.78 is 15.5. The van der Waals surface area contributed by atoms with Crippen molar-refractivity contribution in [3.63, 3.8) is 0 Å². The maximum atomic E-state index is 13.8. The van der Waals surface area contributed by atoms with Crippen molar-refractivity contribution in [1.29, 1.82) is 0 Å². The fourth-order valence-corrected chi connectivity index (χ4v) is 2.17. The van der Waals surface area contributed by atoms with Crippen molar-refractivity contribution in [1.82, 2.24) is 9.78 Å². The third-order valence-corrected chi connectivity index (χ3v) is 2.93. The second kappa shape index (κ2) is 5.31. The van der Waals surface area contributed by atoms with Crippen molar-refractivity contribution in [3.8, 4) is 5.69 Å². The second-order valence-corrected chi connectivity index (χ2v) is 4.61. The van der Waals surface area contributed by atoms with Crippen LogP contribution in [0.4, 0.5) is 4.39 Å². The Morgan fingerprint density at radius 2 is 2.06 bits per heavy atom. The van der Waals surface area contributed by atoms with Gasteiger partial charge in [0.05, 0.1) is 11.9 Å². The van der Waals surface area contributed by atoms with E-state index in [4.69, 9.17) is 5.73 Å². The molecular weight excluding hydrogens is 229 g/mol. The molecule has 0 saturated carbocycles. The van der Waals surface area contributed by atoms with E-state index in [2.05, 4.69) is 18.9 Å². The molecule has 0 unspecified atom stereocenters. The molecule has 4 heteroatoms. The quantitative estimate of drug-likeness (QED) is 0.902. The zero-order chi connectivity index (χ0) is 13.1. The van der Waals surface area contributed by atoms with Crippen molar-refractivity contribution >= 4 is 0 Å². The van der Waals surface area contributed by atoms with Crippen LogP contribution in [0.2, 0.25) is 0 Å². The highest BCUT2D eigenvalue weighted by atomic mass is 19.1. The molecule has 0 amide bonds. The first-order chi connectivity index (χ1) is 8.65. The minimum Gasteiger partial charge on any atom is -0.330 e. The molecule has 0 spiro atoms. The van der Waals surface area contributed by atoms with Crippen LogP contribution in [0.3, 0.4) is 0 Å². The Kier molecular flexibility index (Phi) is 3.77. The molecule has 2 aromatic rings. The average Bonchev–Trinajstić information content (AvgIpc) is 2.74. The summed E-state index contributed by atoms with van der Waals surface area (Å²) in [7, 11) is 0. The summed E-state index contributed by atoms with van der Waals surface area (Å²) in [5.41, 5.74) is 8.21. The molecule has 0 aliphatic carbocycles. The van der Waals surface area contributed by atoms with Crippen molar-refractivity contribution in [2.45, 2.75) is 26.2 Å². The molecule has 96 valence electrons. The molecule has 1 aromatic heterocycles. The van der Waals surface area contributed by atoms with Crippen LogP contribution in [0, 0.1) is 5.82 Å². The summed E-state index contributed by atoms with van der Waals surface area (Å²) in [5.74, 6) is 0.00968. The Labute approximate surface area is 106 Å². The van der Waals surface area contributed by atoms with Gasteiger partial charge in [-0.05, 0) is 36.6 Å². The van der Waals surface area contributed by atoms with Crippen LogP contribution in [-0.4, -0.2) is 16.3 Å². The van der Waals surface area contributed by atoms with E-state index in [0.717, 1.165) is 17.7 Å². The lowest BCUT2D eigenvalue weighted by Gasteiger charge is -2.13. The summed E-state index contributed by atoms with van der Waals surface area (Å²) in [5, 5.41) is 4.31. The zero-order valence-electron chi connectivity index (χ0n) is 10.7. The van der Waals surface area contributed by atoms with E-state index < -0.39 is 0 Å². The molecule has 0 aliphatic heterocycles. The van der Waals surface area contributed by atoms with Crippen molar-refractivity contribution in [2.75, 3.05) is 6.54 Å². The van der Waals surface area contributed by atoms with Gasteiger partial charge in [-0.1, -0.05) is 26.0 Å². The van der Waals surface area contributed by atoms with Crippen LogP contribution >= 0.6 is 0 Å². The number of aromatic nitrogens is 2. The highest BCUT2D eigenvalue weighted by Crippen LogP contribution is 2.24. The summed E-state index contributed by atoms with van der Waals surface area (Å²) in [6, 6.07) is 6.68. The summed E-state index contributed by atoms with van der Waals surface area (Å²) >= 11 is 0. The minimum absolute atomic E-state index is 0.262. The maximum absolute atomic E-state index is 13.8. The lowest BCUT2D eigenvalue weighted by atomic mass is 10.0. The second-order valence-electron chi connectivity index (χ2n) is 4.61. The van der Waals surface area contributed by atoms with Crippen LogP contribution < -0.4 is 5.73 Å². The molecule has 0 atom stereocenters. The normalized spacial score (nSPS) is 11.2. The number of nitrogens with two attached hydrogens (primary N) is 1. The molecule has 1 heterocycles. The minimum atomic E-state index is -0.262. The number of hydrogen-bond acceptors (Lipinski definition) is 2. The fraction of sp³-hybridized carbons (Fsp3) is 0.357. The van der Waals surface area contributed by atoms with Crippen molar-refractivity contribution < 1.29 is 4.39 Å². The summed E-state index contributed by atoms with van der Waals surface area (Å²) in [4.78, 5) is 0. The molecule has 0 bridgehead atoms. The van der Waals surface area contributed by atoms with Gasteiger partial charge >= 0.3 is 0 Å². The van der Waals surface area contributed by atoms with Crippen molar-refractivity contribution in [3.05, 3.63) is 47.5 Å². The third kappa shape index (κ3) is 2.29. The SMILES string of the molecule is CC(C)c1c(CCN)cnn1-c1ccccc1F. The van der Waals surface area contributed by atoms with Gasteiger partial charge in [0.1, 0.15) is 11.5 Å². The Bertz CT molecular complexity index is 532. The van der Waals surface area contributed by atoms with Gasteiger partial charge in [0.25, 0.3) is 0 Å². The Morgan fingerprint density at radius 3 is 2.67 bits per heavy atom. The van der Waals surface area contributed by atoms with Gasteiger partial charge in [0.15, 0.2) is 0 Å². The van der Waals surface area contributed by atoms with Crippen LogP contribution in [0.25, 0.3) is 5.69 Å². The topological polar surface area (TPSA) is 43.8 Å². The number of nitrogens with zero attached hydrogens (tertiary/aromatic N) is 2. The zero-order valence-corrected chi connectivity index (χ0v) is 10.7. The summed E-state index contributed by atoms with van der Waals surface area (Å²) in [6.45, 7) is 4.73. The van der Waals surface area contributed by atoms with E-state index in [0.29, 0.717) is 12.2 Å². The van der Waals surface area contributed by atoms with E-state index in [9.17, 15) is 4.39 Å². The predicted molar refractivity (Wildman–Crippen MR) is 70.4 cm³/mol. The monoisotopic (exact) mass is 247 g/mol. The number of hydrogen-bond donors (Lipinski definition) is 1. The number of para-hydroxylation sites is 1. The maximum Gasteiger partial charge on any atom is 0.148 e. The predicted octanol–water partition coefficient (Wildman–Crippen LogP) is 2.64. The van der Waals surface area contributed by atoms with Crippen LogP contribution in [-0.2, 0) is 6.42 Å². The standard InChI is InChI=1S/C14H18FN3/c1-10(2)14-11(7-8-16)9-17-18(14)13-6-4-3-5-12(13)15/h3-6,9-10H,7-8,16H2,1-2H3. The van der Waals surface area contributed by atoms with Gasteiger partial charge in [-0.25, -0.2) is 9.07 Å². The smallest absolute Gasteiger partial charge is 0.148 e. The largest absolute Gasteiger partial charge is 0.330 e. The van der Waals surface area contributed by atoms with Crippen LogP contribution in [0.1, 0.15) is 31.0 Å². The molecule has 0 saturated heterocycles. The van der Waals surface area contributed by atoms with E-state index in [1.54, 1.807) is 23.0 Å². The van der Waals surface area contributed by atoms with Gasteiger partial charge in [-0.3, -0.25) is 0 Å². The van der Waals surface area contributed by atoms with Crippen LogP contribution in [0.15, 0.2) is 30.5 Å². The Balaban J connectivity index is 2.55. The highest BCUT2D eigenvalue weighted by Gasteiger charge is 2.16. The van der Waals surface area contributed by atoms with Gasteiger partial charge in [0.2, 0.25) is 0 Å². The molecule has 0 aliphatic rings. The van der Waals surface area contributed by atoms with Gasteiger partial charge in [0, 0.05) is 0 Å². The van der Waals surface area contributed by atoms with E-state index in [-0.39, 0.29) is 11.7 Å². The highest BCUT2D eigenvalue weighted by molar-refractivity contribution is 5.37. The number of rotatable bonds is 4. The molecule has 2 N–H and O–H groups in total. The average molecular weight is 247 g/mol. The van der Waals surface area contributed by atoms with E-state index >= 15 is 0 Å². The van der Waals surface area contributed by atoms with Gasteiger partial charge in [-0.2, -0.15) is 5.10 Å². The molecule has 0 radical (unpaired) electrons. The molecule has 2 rings (SSSR count). The molecular formula is C14H18FN3. The van der Waals surface area contributed by atoms with Gasteiger partial charge < -0.3 is 5.73 Å². The lowest BCUT2D eigenvalue weighted by molar-refractivity contribution is 0.601. The molecule has 3 nitrogen and oxygen atoms in total. The van der Waals surface area contributed by atoms with Crippen molar-refractivity contribution in [2.24, 2.45) is 5.73 Å². The molecule has 1 aromatic carbocycles. The van der Waals surface area contributed by atoms with E-state index in [1.165, 1.54) is 6.07 Å². The molecule has 18 heavy (non-hydrogen) atoms. The fourth-order valence-electron chi connectivity index (χ4n) is 2.17. The number of benzene rings is 1. The third-order valence-electron chi connectivity index (χ3n) is 2.93. The van der Waals surface area contributed by atoms with E-state index in [1.807, 2.05) is 6.07 Å². The van der Waals surface area contributed by atoms with Gasteiger partial charge in [-0.15, -0.1) is 0 Å². The van der Waals surface area contributed by atoms with Crippen LogP contribution in [0.5, 0.6) is 0 Å². The Morgan fingerprint density at radius 1 is 1.33 bits per heavy atom. The lowest BCUT2D eigenvalue weighted by Crippen LogP contribution is -2.09. The first-order valence-electron chi connectivity index (χ1n) is 6.17. The summed E-state index contributed by atoms with van der Waals surface area (Å²) in [6.07, 6.45) is 2.55. The first-order valence-corrected chi connectivity index (χ1v) is 6.17. The number of halogens is 1.